The van der Waals surface area contributed by atoms with E-state index in [-0.39, 0.29) is 27.8 Å². The maximum absolute atomic E-state index is 12.3. The summed E-state index contributed by atoms with van der Waals surface area (Å²) < 4.78 is 0. The zero-order valence-corrected chi connectivity index (χ0v) is 12.5. The number of hydrogen-bond donors (Lipinski definition) is 2. The van der Waals surface area contributed by atoms with Gasteiger partial charge in [-0.15, -0.1) is 0 Å². The van der Waals surface area contributed by atoms with E-state index in [1.165, 1.54) is 0 Å². The van der Waals surface area contributed by atoms with Crippen LogP contribution in [0.25, 0.3) is 0 Å². The number of rotatable bonds is 4. The van der Waals surface area contributed by atoms with Crippen molar-refractivity contribution < 1.29 is 4.79 Å². The Balaban J connectivity index is 2.79. The van der Waals surface area contributed by atoms with Gasteiger partial charge in [0.15, 0.2) is 0 Å². The molecule has 1 saturated carbocycles. The molecule has 0 heterocycles. The van der Waals surface area contributed by atoms with Gasteiger partial charge in [0.2, 0.25) is 5.91 Å². The van der Waals surface area contributed by atoms with Crippen molar-refractivity contribution in [2.24, 2.45) is 22.0 Å². The van der Waals surface area contributed by atoms with E-state index < -0.39 is 5.41 Å². The first-order chi connectivity index (χ1) is 7.51. The number of carbonyl (C=O) groups excluding carboxylic acids is 1. The van der Waals surface area contributed by atoms with Crippen LogP contribution < -0.4 is 11.1 Å². The van der Waals surface area contributed by atoms with Gasteiger partial charge in [-0.05, 0) is 24.2 Å². The van der Waals surface area contributed by atoms with E-state index >= 15 is 0 Å². The van der Waals surface area contributed by atoms with Crippen molar-refractivity contribution in [3.63, 3.8) is 0 Å². The molecule has 0 aromatic carbocycles. The lowest BCUT2D eigenvalue weighted by molar-refractivity contribution is -0.127. The van der Waals surface area contributed by atoms with Gasteiger partial charge in [-0.1, -0.05) is 46.8 Å². The summed E-state index contributed by atoms with van der Waals surface area (Å²) in [5.74, 6) is -0.0452. The van der Waals surface area contributed by atoms with Crippen LogP contribution in [0.2, 0.25) is 0 Å². The summed E-state index contributed by atoms with van der Waals surface area (Å²) in [6, 6.07) is 0.197. The highest BCUT2D eigenvalue weighted by atomic mass is 32.1. The normalized spacial score (nSPS) is 24.8. The van der Waals surface area contributed by atoms with Crippen molar-refractivity contribution in [3.05, 3.63) is 0 Å². The Kier molecular flexibility index (Phi) is 3.34. The molecule has 1 atom stereocenters. The molecular formula is C13H24N2OS. The third-order valence-corrected chi connectivity index (χ3v) is 5.50. The fourth-order valence-corrected chi connectivity index (χ4v) is 2.53. The summed E-state index contributed by atoms with van der Waals surface area (Å²) in [5.41, 5.74) is 5.22. The lowest BCUT2D eigenvalue weighted by Crippen LogP contribution is -2.48. The monoisotopic (exact) mass is 256 g/mol. The number of nitrogens with two attached hydrogens (primary N) is 1. The van der Waals surface area contributed by atoms with Crippen molar-refractivity contribution in [2.75, 3.05) is 0 Å². The Morgan fingerprint density at radius 2 is 1.76 bits per heavy atom. The van der Waals surface area contributed by atoms with Crippen molar-refractivity contribution in [1.29, 1.82) is 0 Å². The lowest BCUT2D eigenvalue weighted by atomic mass is 9.86. The van der Waals surface area contributed by atoms with E-state index in [9.17, 15) is 4.79 Å². The van der Waals surface area contributed by atoms with E-state index in [1.807, 2.05) is 13.8 Å². The van der Waals surface area contributed by atoms with Crippen molar-refractivity contribution in [2.45, 2.75) is 54.0 Å². The molecule has 98 valence electrons. The van der Waals surface area contributed by atoms with Crippen molar-refractivity contribution >= 4 is 23.1 Å². The number of hydrogen-bond acceptors (Lipinski definition) is 2. The minimum atomic E-state index is -0.732. The molecule has 0 spiro atoms. The predicted octanol–water partition coefficient (Wildman–Crippen LogP) is 2.24. The highest BCUT2D eigenvalue weighted by Gasteiger charge is 2.66. The summed E-state index contributed by atoms with van der Waals surface area (Å²) in [6.45, 7) is 12.4. The van der Waals surface area contributed by atoms with Crippen LogP contribution >= 0.6 is 12.2 Å². The van der Waals surface area contributed by atoms with Gasteiger partial charge >= 0.3 is 0 Å². The predicted molar refractivity (Wildman–Crippen MR) is 74.7 cm³/mol. The minimum Gasteiger partial charge on any atom is -0.392 e. The van der Waals surface area contributed by atoms with Crippen LogP contribution in [0.4, 0.5) is 0 Å². The second-order valence-electron chi connectivity index (χ2n) is 6.40. The van der Waals surface area contributed by atoms with Gasteiger partial charge in [0.05, 0.1) is 10.4 Å². The Hall–Kier alpha value is -0.640. The smallest absolute Gasteiger partial charge is 0.233 e. The standard InChI is InChI=1S/C13H24N2OS/c1-7-13(6,9(14)17)10(16)15-8-11(2,3)12(8,4)5/h8H,7H2,1-6H3,(H2,14,17)(H,15,16). The Morgan fingerprint density at radius 3 is 2.00 bits per heavy atom. The second-order valence-corrected chi connectivity index (χ2v) is 6.84. The Morgan fingerprint density at radius 1 is 1.35 bits per heavy atom. The summed E-state index contributed by atoms with van der Waals surface area (Å²) in [5, 5.41) is 3.10. The van der Waals surface area contributed by atoms with Crippen LogP contribution in [0.1, 0.15) is 48.0 Å². The topological polar surface area (TPSA) is 55.1 Å². The zero-order chi connectivity index (χ0) is 13.6. The van der Waals surface area contributed by atoms with E-state index in [0.29, 0.717) is 6.42 Å². The van der Waals surface area contributed by atoms with Crippen LogP contribution in [0.3, 0.4) is 0 Å². The molecule has 1 amide bonds. The van der Waals surface area contributed by atoms with E-state index in [4.69, 9.17) is 18.0 Å². The fourth-order valence-electron chi connectivity index (χ4n) is 2.29. The number of thiocarbonyl (C=S) groups is 1. The number of amides is 1. The zero-order valence-electron chi connectivity index (χ0n) is 11.7. The quantitative estimate of drug-likeness (QED) is 0.759. The number of carbonyl (C=O) groups is 1. The first-order valence-electron chi connectivity index (χ1n) is 6.12. The van der Waals surface area contributed by atoms with Crippen molar-refractivity contribution in [1.82, 2.24) is 5.32 Å². The highest BCUT2D eigenvalue weighted by molar-refractivity contribution is 7.80. The molecule has 3 N–H and O–H groups in total. The first-order valence-corrected chi connectivity index (χ1v) is 6.53. The van der Waals surface area contributed by atoms with E-state index in [0.717, 1.165) is 0 Å². The van der Waals surface area contributed by atoms with Gasteiger partial charge in [0.1, 0.15) is 0 Å². The maximum atomic E-state index is 12.3. The highest BCUT2D eigenvalue weighted by Crippen LogP contribution is 2.62. The molecule has 1 aliphatic rings. The third kappa shape index (κ3) is 1.96. The van der Waals surface area contributed by atoms with Crippen LogP contribution in [-0.2, 0) is 4.79 Å². The van der Waals surface area contributed by atoms with Gasteiger partial charge in [0.25, 0.3) is 0 Å². The van der Waals surface area contributed by atoms with Crippen LogP contribution in [0.5, 0.6) is 0 Å². The molecule has 0 aliphatic heterocycles. The molecule has 1 aliphatic carbocycles. The van der Waals surface area contributed by atoms with Gasteiger partial charge in [-0.3, -0.25) is 4.79 Å². The van der Waals surface area contributed by atoms with Gasteiger partial charge in [-0.25, -0.2) is 0 Å². The molecule has 0 aromatic heterocycles. The van der Waals surface area contributed by atoms with Crippen LogP contribution in [-0.4, -0.2) is 16.9 Å². The van der Waals surface area contributed by atoms with Gasteiger partial charge in [0, 0.05) is 6.04 Å². The average Bonchev–Trinajstić information content (AvgIpc) is 2.59. The van der Waals surface area contributed by atoms with Gasteiger partial charge in [-0.2, -0.15) is 0 Å². The molecule has 0 aromatic rings. The summed E-state index contributed by atoms with van der Waals surface area (Å²) in [7, 11) is 0. The molecule has 4 heteroatoms. The average molecular weight is 256 g/mol. The molecule has 17 heavy (non-hydrogen) atoms. The fraction of sp³-hybridized carbons (Fsp3) is 0.846. The molecule has 1 unspecified atom stereocenters. The molecule has 0 radical (unpaired) electrons. The maximum Gasteiger partial charge on any atom is 0.233 e. The van der Waals surface area contributed by atoms with Crippen LogP contribution in [0, 0.1) is 16.2 Å². The number of nitrogens with one attached hydrogen (secondary N) is 1. The Labute approximate surface area is 110 Å². The summed E-state index contributed by atoms with van der Waals surface area (Å²) in [6.07, 6.45) is 0.627. The van der Waals surface area contributed by atoms with Crippen LogP contribution in [0.15, 0.2) is 0 Å². The molecule has 0 bridgehead atoms. The largest absolute Gasteiger partial charge is 0.392 e. The first kappa shape index (κ1) is 14.4. The van der Waals surface area contributed by atoms with Crippen molar-refractivity contribution in [3.8, 4) is 0 Å². The third-order valence-electron chi connectivity index (χ3n) is 5.05. The molecule has 0 saturated heterocycles. The molecule has 1 rings (SSSR count). The minimum absolute atomic E-state index is 0.0452. The summed E-state index contributed by atoms with van der Waals surface area (Å²) >= 11 is 5.01. The summed E-state index contributed by atoms with van der Waals surface area (Å²) in [4.78, 5) is 12.6. The molecule has 3 nitrogen and oxygen atoms in total. The molecule has 1 fully saturated rings. The second kappa shape index (κ2) is 3.94. The van der Waals surface area contributed by atoms with Gasteiger partial charge < -0.3 is 11.1 Å². The van der Waals surface area contributed by atoms with E-state index in [2.05, 4.69) is 33.0 Å². The Bertz CT molecular complexity index is 348. The lowest BCUT2D eigenvalue weighted by Gasteiger charge is -2.26. The molecular weight excluding hydrogens is 232 g/mol. The van der Waals surface area contributed by atoms with E-state index in [1.54, 1.807) is 0 Å². The SMILES string of the molecule is CCC(C)(C(=O)NC1C(C)(C)C1(C)C)C(N)=S.